The van der Waals surface area contributed by atoms with Crippen molar-refractivity contribution in [3.8, 4) is 0 Å². The summed E-state index contributed by atoms with van der Waals surface area (Å²) in [7, 11) is 0. The number of aliphatic hydroxyl groups is 3. The van der Waals surface area contributed by atoms with Gasteiger partial charge in [0.25, 0.3) is 0 Å². The molecule has 2 aromatic rings. The third-order valence-electron chi connectivity index (χ3n) is 4.68. The van der Waals surface area contributed by atoms with E-state index in [9.17, 15) is 28.5 Å². The van der Waals surface area contributed by atoms with E-state index in [0.29, 0.717) is 9.92 Å². The van der Waals surface area contributed by atoms with Gasteiger partial charge in [-0.1, -0.05) is 43.3 Å². The molecule has 2 aromatic carbocycles. The topological polar surface area (TPSA) is 108 Å². The first kappa shape index (κ1) is 27.3. The quantitative estimate of drug-likeness (QED) is 0.383. The van der Waals surface area contributed by atoms with Crippen LogP contribution < -0.4 is 11.1 Å². The Morgan fingerprint density at radius 3 is 2.36 bits per heavy atom. The van der Waals surface area contributed by atoms with E-state index in [0.717, 1.165) is 30.1 Å². The molecule has 0 aromatic heterocycles. The van der Waals surface area contributed by atoms with Crippen LogP contribution >= 0.6 is 23.4 Å². The molecule has 0 amide bonds. The van der Waals surface area contributed by atoms with Crippen molar-refractivity contribution in [3.63, 3.8) is 0 Å². The van der Waals surface area contributed by atoms with Crippen LogP contribution in [0.5, 0.6) is 0 Å². The van der Waals surface area contributed by atoms with Crippen LogP contribution in [0, 0.1) is 17.5 Å². The molecule has 5 unspecified atom stereocenters. The van der Waals surface area contributed by atoms with Gasteiger partial charge in [-0.05, 0) is 30.3 Å². The molecule has 3 rings (SSSR count). The standard InChI is InChI=1S/C20H20ClF3N2O4S.C2H6/c21-10-2-1-3-11(6-10)31-20-19(29)17(18(28)15(8-27)30-20)26-7-14(25)9-4-12(22)16(24)13(23)5-9;1-2/h1-7,15,17-20,26-29H,8,25H2;1-2H3/b14-7-;. The third-order valence-corrected chi connectivity index (χ3v) is 6.06. The second-order valence-electron chi connectivity index (χ2n) is 6.83. The molecule has 0 aliphatic carbocycles. The summed E-state index contributed by atoms with van der Waals surface area (Å²) in [6.45, 7) is 3.48. The highest BCUT2D eigenvalue weighted by Gasteiger charge is 2.44. The van der Waals surface area contributed by atoms with Gasteiger partial charge in [0.05, 0.1) is 18.3 Å². The van der Waals surface area contributed by atoms with Crippen molar-refractivity contribution < 1.29 is 33.2 Å². The molecule has 1 aliphatic heterocycles. The van der Waals surface area contributed by atoms with Gasteiger partial charge in [0, 0.05) is 21.7 Å². The number of hydrogen-bond acceptors (Lipinski definition) is 7. The highest BCUT2D eigenvalue weighted by Crippen LogP contribution is 2.34. The summed E-state index contributed by atoms with van der Waals surface area (Å²) >= 11 is 7.11. The van der Waals surface area contributed by atoms with Gasteiger partial charge in [0.1, 0.15) is 23.7 Å². The predicted octanol–water partition coefficient (Wildman–Crippen LogP) is 3.23. The normalized spacial score (nSPS) is 25.2. The maximum absolute atomic E-state index is 13.4. The minimum atomic E-state index is -1.62. The van der Waals surface area contributed by atoms with Crippen LogP contribution in [0.3, 0.4) is 0 Å². The Morgan fingerprint density at radius 2 is 1.79 bits per heavy atom. The second kappa shape index (κ2) is 12.5. The molecule has 1 saturated heterocycles. The van der Waals surface area contributed by atoms with Gasteiger partial charge in [-0.2, -0.15) is 0 Å². The molecule has 1 heterocycles. The van der Waals surface area contributed by atoms with Gasteiger partial charge in [-0.15, -0.1) is 0 Å². The van der Waals surface area contributed by atoms with Crippen LogP contribution in [0.1, 0.15) is 19.4 Å². The number of nitrogens with one attached hydrogen (secondary N) is 1. The molecular formula is C22H26ClF3N2O4S. The van der Waals surface area contributed by atoms with Crippen molar-refractivity contribution in [1.82, 2.24) is 5.32 Å². The first-order valence-corrected chi connectivity index (χ1v) is 11.4. The Hall–Kier alpha value is -1.95. The summed E-state index contributed by atoms with van der Waals surface area (Å²) in [5.41, 5.74) is 4.63. The van der Waals surface area contributed by atoms with Crippen LogP contribution in [-0.4, -0.2) is 51.7 Å². The second-order valence-corrected chi connectivity index (χ2v) is 8.44. The number of nitrogens with two attached hydrogens (primary N) is 1. The van der Waals surface area contributed by atoms with Crippen molar-refractivity contribution in [2.75, 3.05) is 6.61 Å². The Morgan fingerprint density at radius 1 is 1.15 bits per heavy atom. The summed E-state index contributed by atoms with van der Waals surface area (Å²) in [5, 5.41) is 33.9. The molecule has 0 spiro atoms. The molecule has 33 heavy (non-hydrogen) atoms. The Labute approximate surface area is 199 Å². The number of thioether (sulfide) groups is 1. The van der Waals surface area contributed by atoms with Gasteiger partial charge in [0.2, 0.25) is 0 Å². The summed E-state index contributed by atoms with van der Waals surface area (Å²) in [5.74, 6) is -4.43. The molecule has 11 heteroatoms. The van der Waals surface area contributed by atoms with Crippen LogP contribution in [0.15, 0.2) is 47.5 Å². The van der Waals surface area contributed by atoms with E-state index < -0.39 is 53.8 Å². The fourth-order valence-corrected chi connectivity index (χ4v) is 4.43. The van der Waals surface area contributed by atoms with Gasteiger partial charge in [0.15, 0.2) is 17.5 Å². The lowest BCUT2D eigenvalue weighted by atomic mass is 9.97. The maximum Gasteiger partial charge on any atom is 0.194 e. The number of hydrogen-bond donors (Lipinski definition) is 5. The fourth-order valence-electron chi connectivity index (χ4n) is 3.05. The Kier molecular flexibility index (Phi) is 10.3. The van der Waals surface area contributed by atoms with Crippen LogP contribution in [0.4, 0.5) is 13.2 Å². The molecule has 5 atom stereocenters. The summed E-state index contributed by atoms with van der Waals surface area (Å²) < 4.78 is 45.6. The van der Waals surface area contributed by atoms with Crippen molar-refractivity contribution in [1.29, 1.82) is 0 Å². The molecule has 0 radical (unpaired) electrons. The predicted molar refractivity (Wildman–Crippen MR) is 122 cm³/mol. The van der Waals surface area contributed by atoms with Crippen molar-refractivity contribution in [2.24, 2.45) is 5.73 Å². The number of aliphatic hydroxyl groups excluding tert-OH is 3. The van der Waals surface area contributed by atoms with Crippen molar-refractivity contribution >= 4 is 29.1 Å². The SMILES string of the molecule is CC.N/C(=C\NC1C(O)C(CO)OC(Sc2cccc(Cl)c2)C1O)c1cc(F)c(F)c(F)c1. The van der Waals surface area contributed by atoms with E-state index >= 15 is 0 Å². The molecule has 0 saturated carbocycles. The van der Waals surface area contributed by atoms with E-state index in [2.05, 4.69) is 5.32 Å². The van der Waals surface area contributed by atoms with Crippen LogP contribution in [0.2, 0.25) is 5.02 Å². The number of ether oxygens (including phenoxy) is 1. The minimum absolute atomic E-state index is 0.136. The third kappa shape index (κ3) is 6.78. The zero-order valence-electron chi connectivity index (χ0n) is 17.9. The van der Waals surface area contributed by atoms with Gasteiger partial charge in [-0.3, -0.25) is 0 Å². The summed E-state index contributed by atoms with van der Waals surface area (Å²) in [6.07, 6.45) is -2.49. The Bertz CT molecular complexity index is 946. The maximum atomic E-state index is 13.4. The van der Waals surface area contributed by atoms with Crippen molar-refractivity contribution in [3.05, 3.63) is 70.6 Å². The highest BCUT2D eigenvalue weighted by molar-refractivity contribution is 7.99. The van der Waals surface area contributed by atoms with Gasteiger partial charge >= 0.3 is 0 Å². The van der Waals surface area contributed by atoms with E-state index in [1.165, 1.54) is 0 Å². The average Bonchev–Trinajstić information content (AvgIpc) is 2.80. The van der Waals surface area contributed by atoms with Gasteiger partial charge < -0.3 is 31.1 Å². The van der Waals surface area contributed by atoms with Crippen LogP contribution in [0.25, 0.3) is 5.70 Å². The smallest absolute Gasteiger partial charge is 0.194 e. The Balaban J connectivity index is 0.00000187. The van der Waals surface area contributed by atoms with Crippen LogP contribution in [-0.2, 0) is 4.74 Å². The first-order valence-electron chi connectivity index (χ1n) is 10.1. The van der Waals surface area contributed by atoms with E-state index in [1.54, 1.807) is 24.3 Å². The van der Waals surface area contributed by atoms with Gasteiger partial charge in [-0.25, -0.2) is 13.2 Å². The monoisotopic (exact) mass is 506 g/mol. The zero-order valence-corrected chi connectivity index (χ0v) is 19.5. The number of halogens is 4. The highest BCUT2D eigenvalue weighted by atomic mass is 35.5. The molecule has 182 valence electrons. The molecule has 6 N–H and O–H groups in total. The first-order chi connectivity index (χ1) is 15.7. The zero-order chi connectivity index (χ0) is 24.7. The van der Waals surface area contributed by atoms with E-state index in [-0.39, 0.29) is 11.3 Å². The lowest BCUT2D eigenvalue weighted by molar-refractivity contribution is -0.164. The molecule has 6 nitrogen and oxygen atoms in total. The average molecular weight is 507 g/mol. The van der Waals surface area contributed by atoms with Crippen molar-refractivity contribution in [2.45, 2.75) is 48.5 Å². The molecule has 1 fully saturated rings. The number of benzene rings is 2. The minimum Gasteiger partial charge on any atom is -0.397 e. The van der Waals surface area contributed by atoms with E-state index in [1.807, 2.05) is 13.8 Å². The lowest BCUT2D eigenvalue weighted by Crippen LogP contribution is -2.62. The molecule has 1 aliphatic rings. The summed E-state index contributed by atoms with van der Waals surface area (Å²) in [4.78, 5) is 0.690. The molecular weight excluding hydrogens is 481 g/mol. The van der Waals surface area contributed by atoms with E-state index in [4.69, 9.17) is 22.1 Å². The largest absolute Gasteiger partial charge is 0.397 e. The lowest BCUT2D eigenvalue weighted by Gasteiger charge is -2.42. The summed E-state index contributed by atoms with van der Waals surface area (Å²) in [6, 6.07) is 7.22. The number of rotatable bonds is 6. The molecule has 0 bridgehead atoms. The fraction of sp³-hybridized carbons (Fsp3) is 0.364.